The summed E-state index contributed by atoms with van der Waals surface area (Å²) < 4.78 is 75.5. The van der Waals surface area contributed by atoms with Crippen LogP contribution in [0.1, 0.15) is 47.0 Å². The molecule has 4 unspecified atom stereocenters. The molecule has 0 radical (unpaired) electrons. The summed E-state index contributed by atoms with van der Waals surface area (Å²) >= 11 is 3.01. The first kappa shape index (κ1) is 25.2. The third kappa shape index (κ3) is 8.24. The highest BCUT2D eigenvalue weighted by Crippen LogP contribution is 2.34. The highest BCUT2D eigenvalue weighted by atomic mass is 79.9. The van der Waals surface area contributed by atoms with Crippen LogP contribution in [0.4, 0.5) is 18.0 Å². The van der Waals surface area contributed by atoms with Gasteiger partial charge in [-0.1, -0.05) is 22.9 Å². The van der Waals surface area contributed by atoms with Crippen molar-refractivity contribution in [2.75, 3.05) is 5.33 Å². The Morgan fingerprint density at radius 2 is 1.86 bits per heavy atom. The van der Waals surface area contributed by atoms with Crippen molar-refractivity contribution in [3.05, 3.63) is 0 Å². The molecule has 0 aliphatic carbocycles. The number of rotatable bonds is 7. The van der Waals surface area contributed by atoms with E-state index >= 15 is 0 Å². The largest absolute Gasteiger partial charge is 0.443 e. The summed E-state index contributed by atoms with van der Waals surface area (Å²) in [6.45, 7) is 6.17. The molecule has 1 amide bonds. The molecule has 0 bridgehead atoms. The number of ether oxygens (including phenoxy) is 2. The Kier molecular flexibility index (Phi) is 8.35. The molecule has 1 saturated heterocycles. The second kappa shape index (κ2) is 9.29. The first-order chi connectivity index (χ1) is 12.5. The van der Waals surface area contributed by atoms with E-state index in [0.29, 0.717) is 0 Å². The molecule has 1 rings (SSSR count). The predicted molar refractivity (Wildman–Crippen MR) is 98.6 cm³/mol. The van der Waals surface area contributed by atoms with Crippen LogP contribution >= 0.6 is 15.9 Å². The van der Waals surface area contributed by atoms with Crippen LogP contribution in [0, 0.1) is 5.92 Å². The molecule has 0 spiro atoms. The average Bonchev–Trinajstić information content (AvgIpc) is 2.82. The van der Waals surface area contributed by atoms with Crippen LogP contribution in [0.3, 0.4) is 0 Å². The first-order valence-electron chi connectivity index (χ1n) is 8.59. The standard InChI is InChI=1S/C16H25BrF3NO6S/c1-9-5-10(26-13(9)12(22)8-17)6-11(7-16(18,19)20)28(24,25)21-14(23)27-15(2,3)4/h9-11,13H,5-8H2,1-4H3,(H,21,23). The third-order valence-corrected chi connectivity index (χ3v) is 6.23. The maximum Gasteiger partial charge on any atom is 0.421 e. The summed E-state index contributed by atoms with van der Waals surface area (Å²) in [7, 11) is -4.69. The van der Waals surface area contributed by atoms with Gasteiger partial charge in [-0.3, -0.25) is 4.79 Å². The van der Waals surface area contributed by atoms with Crippen molar-refractivity contribution in [3.63, 3.8) is 0 Å². The summed E-state index contributed by atoms with van der Waals surface area (Å²) in [6, 6.07) is 0. The molecular formula is C16H25BrF3NO6S. The molecule has 1 heterocycles. The number of hydrogen-bond donors (Lipinski definition) is 1. The average molecular weight is 496 g/mol. The number of ketones is 1. The van der Waals surface area contributed by atoms with Gasteiger partial charge in [0.15, 0.2) is 5.78 Å². The van der Waals surface area contributed by atoms with Crippen LogP contribution in [0.2, 0.25) is 0 Å². The van der Waals surface area contributed by atoms with Gasteiger partial charge in [0.2, 0.25) is 10.0 Å². The summed E-state index contributed by atoms with van der Waals surface area (Å²) in [4.78, 5) is 23.6. The van der Waals surface area contributed by atoms with E-state index in [2.05, 4.69) is 15.9 Å². The molecule has 1 N–H and O–H groups in total. The molecule has 0 aromatic rings. The van der Waals surface area contributed by atoms with Crippen molar-refractivity contribution in [3.8, 4) is 0 Å². The molecular weight excluding hydrogens is 471 g/mol. The van der Waals surface area contributed by atoms with Crippen LogP contribution < -0.4 is 4.72 Å². The van der Waals surface area contributed by atoms with E-state index in [1.54, 1.807) is 11.6 Å². The maximum absolute atomic E-state index is 12.9. The Hall–Kier alpha value is -0.880. The lowest BCUT2D eigenvalue weighted by Crippen LogP contribution is -2.44. The fraction of sp³-hybridized carbons (Fsp3) is 0.875. The van der Waals surface area contributed by atoms with E-state index < -0.39 is 58.2 Å². The fourth-order valence-corrected chi connectivity index (χ4v) is 4.56. The molecule has 0 aromatic carbocycles. The molecule has 12 heteroatoms. The van der Waals surface area contributed by atoms with Crippen molar-refractivity contribution < 1.29 is 40.7 Å². The minimum atomic E-state index is -4.78. The molecule has 164 valence electrons. The van der Waals surface area contributed by atoms with Crippen LogP contribution in [0.5, 0.6) is 0 Å². The fourth-order valence-electron chi connectivity index (χ4n) is 2.93. The molecule has 0 saturated carbocycles. The van der Waals surface area contributed by atoms with Crippen LogP contribution in [-0.4, -0.2) is 54.9 Å². The van der Waals surface area contributed by atoms with E-state index in [-0.39, 0.29) is 23.5 Å². The van der Waals surface area contributed by atoms with E-state index in [1.165, 1.54) is 20.8 Å². The molecule has 4 atom stereocenters. The van der Waals surface area contributed by atoms with E-state index in [9.17, 15) is 31.2 Å². The SMILES string of the molecule is CC1CC(CC(CC(F)(F)F)S(=O)(=O)NC(=O)OC(C)(C)C)OC1C(=O)CBr. The maximum atomic E-state index is 12.9. The Balaban J connectivity index is 2.94. The number of amides is 1. The summed E-state index contributed by atoms with van der Waals surface area (Å²) in [6.07, 6.45) is -9.72. The van der Waals surface area contributed by atoms with E-state index in [1.807, 2.05) is 0 Å². The van der Waals surface area contributed by atoms with Crippen molar-refractivity contribution in [1.82, 2.24) is 4.72 Å². The minimum Gasteiger partial charge on any atom is -0.443 e. The number of alkyl halides is 4. The quantitative estimate of drug-likeness (QED) is 0.544. The number of halogens is 4. The first-order valence-corrected chi connectivity index (χ1v) is 11.3. The second-order valence-corrected chi connectivity index (χ2v) is 10.3. The van der Waals surface area contributed by atoms with Gasteiger partial charge in [-0.25, -0.2) is 17.9 Å². The Bertz CT molecular complexity index is 677. The molecule has 1 fully saturated rings. The van der Waals surface area contributed by atoms with Gasteiger partial charge in [-0.2, -0.15) is 13.2 Å². The lowest BCUT2D eigenvalue weighted by atomic mass is 9.97. The van der Waals surface area contributed by atoms with Gasteiger partial charge in [0.05, 0.1) is 23.1 Å². The van der Waals surface area contributed by atoms with Crippen molar-refractivity contribution >= 4 is 37.8 Å². The normalized spacial score (nSPS) is 24.6. The predicted octanol–water partition coefficient (Wildman–Crippen LogP) is 3.31. The van der Waals surface area contributed by atoms with Crippen molar-refractivity contribution in [2.24, 2.45) is 5.92 Å². The van der Waals surface area contributed by atoms with Gasteiger partial charge >= 0.3 is 12.3 Å². The lowest BCUT2D eigenvalue weighted by Gasteiger charge is -2.24. The highest BCUT2D eigenvalue weighted by molar-refractivity contribution is 9.09. The highest BCUT2D eigenvalue weighted by Gasteiger charge is 2.44. The summed E-state index contributed by atoms with van der Waals surface area (Å²) in [5.74, 6) is -0.528. The van der Waals surface area contributed by atoms with Crippen LogP contribution in [0.15, 0.2) is 0 Å². The molecule has 1 aliphatic heterocycles. The number of Topliss-reactive ketones (excluding diaryl/α,β-unsaturated/α-hetero) is 1. The van der Waals surface area contributed by atoms with Crippen molar-refractivity contribution in [2.45, 2.75) is 76.2 Å². The van der Waals surface area contributed by atoms with Gasteiger partial charge in [-0.05, 0) is 39.5 Å². The Labute approximate surface area is 170 Å². The molecule has 0 aromatic heterocycles. The van der Waals surface area contributed by atoms with Gasteiger partial charge in [0.25, 0.3) is 0 Å². The number of hydrogen-bond acceptors (Lipinski definition) is 6. The lowest BCUT2D eigenvalue weighted by molar-refractivity contribution is -0.137. The number of carbonyl (C=O) groups excluding carboxylic acids is 2. The summed E-state index contributed by atoms with van der Waals surface area (Å²) in [5.41, 5.74) is -1.02. The number of carbonyl (C=O) groups is 2. The van der Waals surface area contributed by atoms with Gasteiger partial charge in [0.1, 0.15) is 11.7 Å². The number of nitrogens with one attached hydrogen (secondary N) is 1. The zero-order chi connectivity index (χ0) is 21.9. The second-order valence-electron chi connectivity index (χ2n) is 7.82. The van der Waals surface area contributed by atoms with E-state index in [4.69, 9.17) is 9.47 Å². The third-order valence-electron chi connectivity index (χ3n) is 3.99. The van der Waals surface area contributed by atoms with Crippen LogP contribution in [0.25, 0.3) is 0 Å². The molecule has 28 heavy (non-hydrogen) atoms. The van der Waals surface area contributed by atoms with E-state index in [0.717, 1.165) is 0 Å². The summed E-state index contributed by atoms with van der Waals surface area (Å²) in [5, 5.41) is -1.94. The molecule has 7 nitrogen and oxygen atoms in total. The Morgan fingerprint density at radius 1 is 1.29 bits per heavy atom. The topological polar surface area (TPSA) is 98.8 Å². The van der Waals surface area contributed by atoms with Gasteiger partial charge in [-0.15, -0.1) is 0 Å². The van der Waals surface area contributed by atoms with Gasteiger partial charge in [0, 0.05) is 0 Å². The minimum absolute atomic E-state index is 0.0270. The monoisotopic (exact) mass is 495 g/mol. The zero-order valence-corrected chi connectivity index (χ0v) is 18.4. The Morgan fingerprint density at radius 3 is 2.32 bits per heavy atom. The molecule has 1 aliphatic rings. The van der Waals surface area contributed by atoms with Crippen molar-refractivity contribution in [1.29, 1.82) is 0 Å². The van der Waals surface area contributed by atoms with Crippen LogP contribution in [-0.2, 0) is 24.3 Å². The smallest absolute Gasteiger partial charge is 0.421 e. The zero-order valence-electron chi connectivity index (χ0n) is 16.0. The van der Waals surface area contributed by atoms with Gasteiger partial charge < -0.3 is 9.47 Å². The number of sulfonamides is 1.